The number of nitrogens with one attached hydrogen (secondary N) is 1. The maximum absolute atomic E-state index is 7.32. The molecule has 0 aromatic carbocycles. The quantitative estimate of drug-likeness (QED) is 0.645. The molecular weight excluding hydrogens is 178 g/mol. The molecule has 3 nitrogen and oxygen atoms in total. The third-order valence-electron chi connectivity index (χ3n) is 2.01. The van der Waals surface area contributed by atoms with E-state index in [-0.39, 0.29) is 5.17 Å². The van der Waals surface area contributed by atoms with Crippen LogP contribution in [0.4, 0.5) is 0 Å². The van der Waals surface area contributed by atoms with Crippen molar-refractivity contribution in [2.45, 2.75) is 26.6 Å². The van der Waals surface area contributed by atoms with Gasteiger partial charge in [-0.05, 0) is 20.8 Å². The first-order valence-electron chi connectivity index (χ1n) is 3.88. The summed E-state index contributed by atoms with van der Waals surface area (Å²) in [4.78, 5) is 0. The molecule has 0 radical (unpaired) electrons. The predicted octanol–water partition coefficient (Wildman–Crippen LogP) is 1.99. The number of rotatable bonds is 1. The molecule has 0 saturated carbocycles. The van der Waals surface area contributed by atoms with Crippen LogP contribution in [0.3, 0.4) is 0 Å². The summed E-state index contributed by atoms with van der Waals surface area (Å²) < 4.78 is 10.8. The Kier molecular flexibility index (Phi) is 2.47. The average molecular weight is 192 g/mol. The SMILES string of the molecule is CC1(C)OCC(C)(C(=N)Cl)CO1. The second kappa shape index (κ2) is 2.98. The molecule has 0 spiro atoms. The van der Waals surface area contributed by atoms with Crippen LogP contribution >= 0.6 is 11.6 Å². The molecule has 12 heavy (non-hydrogen) atoms. The average Bonchev–Trinajstić information content (AvgIpc) is 1.96. The molecule has 0 aromatic heterocycles. The molecule has 1 heterocycles. The van der Waals surface area contributed by atoms with Gasteiger partial charge in [-0.15, -0.1) is 0 Å². The minimum Gasteiger partial charge on any atom is -0.349 e. The summed E-state index contributed by atoms with van der Waals surface area (Å²) in [5, 5.41) is 7.42. The summed E-state index contributed by atoms with van der Waals surface area (Å²) in [5.74, 6) is -0.536. The summed E-state index contributed by atoms with van der Waals surface area (Å²) in [5.41, 5.74) is -0.461. The zero-order chi connectivity index (χ0) is 9.41. The van der Waals surface area contributed by atoms with E-state index in [0.717, 1.165) is 0 Å². The van der Waals surface area contributed by atoms with Gasteiger partial charge >= 0.3 is 0 Å². The summed E-state index contributed by atoms with van der Waals surface area (Å²) >= 11 is 5.61. The third-order valence-corrected chi connectivity index (χ3v) is 2.46. The molecule has 4 heteroatoms. The van der Waals surface area contributed by atoms with E-state index in [1.807, 2.05) is 20.8 Å². The van der Waals surface area contributed by atoms with E-state index in [9.17, 15) is 0 Å². The van der Waals surface area contributed by atoms with Gasteiger partial charge < -0.3 is 9.47 Å². The molecule has 70 valence electrons. The highest BCUT2D eigenvalue weighted by molar-refractivity contribution is 6.65. The van der Waals surface area contributed by atoms with E-state index in [0.29, 0.717) is 13.2 Å². The first-order valence-corrected chi connectivity index (χ1v) is 4.26. The van der Waals surface area contributed by atoms with Crippen molar-refractivity contribution in [2.75, 3.05) is 13.2 Å². The van der Waals surface area contributed by atoms with Gasteiger partial charge in [-0.25, -0.2) is 0 Å². The highest BCUT2D eigenvalue weighted by Gasteiger charge is 2.39. The van der Waals surface area contributed by atoms with Crippen molar-refractivity contribution < 1.29 is 9.47 Å². The van der Waals surface area contributed by atoms with E-state index in [1.165, 1.54) is 0 Å². The fraction of sp³-hybridized carbons (Fsp3) is 0.875. The van der Waals surface area contributed by atoms with Gasteiger partial charge in [0.25, 0.3) is 0 Å². The van der Waals surface area contributed by atoms with E-state index in [1.54, 1.807) is 0 Å². The number of hydrogen-bond acceptors (Lipinski definition) is 3. The molecule has 1 aliphatic heterocycles. The highest BCUT2D eigenvalue weighted by atomic mass is 35.5. The second-order valence-corrected chi connectivity index (χ2v) is 4.23. The minimum absolute atomic E-state index is 0.0954. The Hall–Kier alpha value is -0.120. The molecule has 0 amide bonds. The lowest BCUT2D eigenvalue weighted by Crippen LogP contribution is -2.47. The Labute approximate surface area is 77.5 Å². The molecule has 0 aliphatic carbocycles. The Bertz CT molecular complexity index is 193. The first-order chi connectivity index (χ1) is 5.36. The molecule has 1 fully saturated rings. The predicted molar refractivity (Wildman–Crippen MR) is 47.7 cm³/mol. The van der Waals surface area contributed by atoms with Crippen molar-refractivity contribution in [3.8, 4) is 0 Å². The highest BCUT2D eigenvalue weighted by Crippen LogP contribution is 2.31. The zero-order valence-corrected chi connectivity index (χ0v) is 8.36. The molecule has 1 N–H and O–H groups in total. The van der Waals surface area contributed by atoms with Gasteiger partial charge in [0.1, 0.15) is 5.17 Å². The van der Waals surface area contributed by atoms with Crippen LogP contribution in [0.1, 0.15) is 20.8 Å². The Morgan fingerprint density at radius 2 is 1.67 bits per heavy atom. The van der Waals surface area contributed by atoms with E-state index in [4.69, 9.17) is 26.5 Å². The lowest BCUT2D eigenvalue weighted by molar-refractivity contribution is -0.269. The Balaban J connectivity index is 2.62. The van der Waals surface area contributed by atoms with Crippen molar-refractivity contribution in [3.63, 3.8) is 0 Å². The van der Waals surface area contributed by atoms with Crippen LogP contribution < -0.4 is 0 Å². The lowest BCUT2D eigenvalue weighted by atomic mass is 9.93. The molecular formula is C8H14ClNO2. The number of ether oxygens (including phenoxy) is 2. The van der Waals surface area contributed by atoms with Crippen LogP contribution in [0.5, 0.6) is 0 Å². The summed E-state index contributed by atoms with van der Waals surface area (Å²) in [6.07, 6.45) is 0. The van der Waals surface area contributed by atoms with Gasteiger partial charge in [-0.1, -0.05) is 11.6 Å². The van der Waals surface area contributed by atoms with Gasteiger partial charge in [0, 0.05) is 0 Å². The fourth-order valence-corrected chi connectivity index (χ4v) is 0.985. The van der Waals surface area contributed by atoms with Crippen molar-refractivity contribution in [1.29, 1.82) is 5.41 Å². The van der Waals surface area contributed by atoms with Crippen molar-refractivity contribution in [1.82, 2.24) is 0 Å². The molecule has 1 aliphatic rings. The van der Waals surface area contributed by atoms with Crippen molar-refractivity contribution in [3.05, 3.63) is 0 Å². The zero-order valence-electron chi connectivity index (χ0n) is 7.61. The largest absolute Gasteiger partial charge is 0.349 e. The van der Waals surface area contributed by atoms with Gasteiger partial charge in [0.15, 0.2) is 5.79 Å². The molecule has 1 saturated heterocycles. The summed E-state index contributed by atoms with van der Waals surface area (Å²) in [7, 11) is 0. The lowest BCUT2D eigenvalue weighted by Gasteiger charge is -2.40. The van der Waals surface area contributed by atoms with E-state index < -0.39 is 11.2 Å². The number of hydrogen-bond donors (Lipinski definition) is 1. The van der Waals surface area contributed by atoms with Gasteiger partial charge in [-0.3, -0.25) is 5.41 Å². The van der Waals surface area contributed by atoms with Gasteiger partial charge in [0.05, 0.1) is 18.6 Å². The molecule has 0 aromatic rings. The molecule has 0 bridgehead atoms. The van der Waals surface area contributed by atoms with E-state index >= 15 is 0 Å². The smallest absolute Gasteiger partial charge is 0.162 e. The summed E-state index contributed by atoms with van der Waals surface area (Å²) in [6.45, 7) is 6.46. The topological polar surface area (TPSA) is 42.3 Å². The van der Waals surface area contributed by atoms with Gasteiger partial charge in [0.2, 0.25) is 0 Å². The van der Waals surface area contributed by atoms with Crippen LogP contribution in [-0.2, 0) is 9.47 Å². The van der Waals surface area contributed by atoms with Crippen molar-refractivity contribution in [2.24, 2.45) is 5.41 Å². The maximum atomic E-state index is 7.32. The Morgan fingerprint density at radius 3 is 2.00 bits per heavy atom. The number of halogens is 1. The third kappa shape index (κ3) is 1.97. The van der Waals surface area contributed by atoms with Crippen LogP contribution in [0.25, 0.3) is 0 Å². The van der Waals surface area contributed by atoms with Gasteiger partial charge in [-0.2, -0.15) is 0 Å². The fourth-order valence-electron chi connectivity index (χ4n) is 0.876. The summed E-state index contributed by atoms with van der Waals surface area (Å²) in [6, 6.07) is 0. The molecule has 1 rings (SSSR count). The molecule has 0 unspecified atom stereocenters. The normalized spacial score (nSPS) is 26.7. The van der Waals surface area contributed by atoms with Crippen LogP contribution in [0, 0.1) is 10.8 Å². The van der Waals surface area contributed by atoms with Crippen LogP contribution in [0.2, 0.25) is 0 Å². The molecule has 0 atom stereocenters. The Morgan fingerprint density at radius 1 is 1.25 bits per heavy atom. The van der Waals surface area contributed by atoms with E-state index in [2.05, 4.69) is 0 Å². The van der Waals surface area contributed by atoms with Crippen molar-refractivity contribution >= 4 is 16.8 Å². The maximum Gasteiger partial charge on any atom is 0.162 e. The van der Waals surface area contributed by atoms with Crippen LogP contribution in [-0.4, -0.2) is 24.2 Å². The second-order valence-electron chi connectivity index (χ2n) is 3.85. The van der Waals surface area contributed by atoms with Crippen LogP contribution in [0.15, 0.2) is 0 Å². The first kappa shape index (κ1) is 9.96. The standard InChI is InChI=1S/C8H14ClNO2/c1-7(2)11-4-8(3,5-12-7)6(9)10/h10H,4-5H2,1-3H3. The monoisotopic (exact) mass is 191 g/mol. The minimum atomic E-state index is -0.536.